The van der Waals surface area contributed by atoms with E-state index in [1.165, 1.54) is 19.2 Å². The summed E-state index contributed by atoms with van der Waals surface area (Å²) in [5.41, 5.74) is -0.323. The van der Waals surface area contributed by atoms with Gasteiger partial charge in [-0.3, -0.25) is 0 Å². The molecule has 0 saturated heterocycles. The summed E-state index contributed by atoms with van der Waals surface area (Å²) in [5.74, 6) is -4.07. The van der Waals surface area contributed by atoms with E-state index in [0.717, 1.165) is 6.07 Å². The van der Waals surface area contributed by atoms with Gasteiger partial charge < -0.3 is 9.84 Å². The van der Waals surface area contributed by atoms with Crippen LogP contribution in [0.25, 0.3) is 0 Å². The zero-order chi connectivity index (χ0) is 15.6. The SMILES string of the molecule is COc1ccc(CC(O)c2c(F)cc(F)cc2F)cc1F. The van der Waals surface area contributed by atoms with Crippen LogP contribution in [0.5, 0.6) is 5.75 Å². The van der Waals surface area contributed by atoms with E-state index < -0.39 is 34.9 Å². The third kappa shape index (κ3) is 3.33. The molecule has 0 fully saturated rings. The molecule has 2 aromatic carbocycles. The number of hydrogen-bond acceptors (Lipinski definition) is 2. The minimum absolute atomic E-state index is 0.0207. The molecule has 21 heavy (non-hydrogen) atoms. The standard InChI is InChI=1S/C15H12F4O2/c1-21-14-3-2-8(4-10(14)17)5-13(20)15-11(18)6-9(16)7-12(15)19/h2-4,6-7,13,20H,5H2,1H3. The zero-order valence-electron chi connectivity index (χ0n) is 11.0. The average molecular weight is 300 g/mol. The minimum Gasteiger partial charge on any atom is -0.494 e. The van der Waals surface area contributed by atoms with Crippen molar-refractivity contribution in [2.24, 2.45) is 0 Å². The molecule has 6 heteroatoms. The smallest absolute Gasteiger partial charge is 0.165 e. The molecule has 0 heterocycles. The Morgan fingerprint density at radius 1 is 1.00 bits per heavy atom. The summed E-state index contributed by atoms with van der Waals surface area (Å²) in [6, 6.07) is 4.87. The molecule has 1 atom stereocenters. The first kappa shape index (κ1) is 15.3. The second kappa shape index (κ2) is 6.13. The van der Waals surface area contributed by atoms with Gasteiger partial charge in [-0.25, -0.2) is 17.6 Å². The fourth-order valence-electron chi connectivity index (χ4n) is 2.03. The van der Waals surface area contributed by atoms with Crippen LogP contribution >= 0.6 is 0 Å². The van der Waals surface area contributed by atoms with Crippen LogP contribution in [0.2, 0.25) is 0 Å². The van der Waals surface area contributed by atoms with Crippen molar-refractivity contribution in [3.63, 3.8) is 0 Å². The summed E-state index contributed by atoms with van der Waals surface area (Å²) in [6.07, 6.45) is -1.78. The van der Waals surface area contributed by atoms with Crippen LogP contribution in [-0.4, -0.2) is 12.2 Å². The highest BCUT2D eigenvalue weighted by Gasteiger charge is 2.20. The Balaban J connectivity index is 2.26. The molecule has 0 aromatic heterocycles. The topological polar surface area (TPSA) is 29.5 Å². The Kier molecular flexibility index (Phi) is 4.47. The number of aliphatic hydroxyl groups excluding tert-OH is 1. The van der Waals surface area contributed by atoms with E-state index in [2.05, 4.69) is 0 Å². The van der Waals surface area contributed by atoms with Crippen LogP contribution in [0.4, 0.5) is 17.6 Å². The maximum atomic E-state index is 13.5. The van der Waals surface area contributed by atoms with Gasteiger partial charge in [-0.05, 0) is 17.7 Å². The number of halogens is 4. The lowest BCUT2D eigenvalue weighted by Gasteiger charge is -2.14. The van der Waals surface area contributed by atoms with E-state index in [1.807, 2.05) is 0 Å². The lowest BCUT2D eigenvalue weighted by atomic mass is 10.00. The van der Waals surface area contributed by atoms with Gasteiger partial charge in [0.2, 0.25) is 0 Å². The molecule has 0 aliphatic rings. The predicted molar refractivity (Wildman–Crippen MR) is 67.9 cm³/mol. The van der Waals surface area contributed by atoms with Gasteiger partial charge in [-0.2, -0.15) is 0 Å². The van der Waals surface area contributed by atoms with Gasteiger partial charge in [0.05, 0.1) is 18.8 Å². The van der Waals surface area contributed by atoms with Gasteiger partial charge in [-0.1, -0.05) is 6.07 Å². The molecule has 0 aliphatic heterocycles. The van der Waals surface area contributed by atoms with Crippen molar-refractivity contribution in [3.05, 3.63) is 64.7 Å². The molecule has 0 saturated carbocycles. The molecule has 1 N–H and O–H groups in total. The first-order chi connectivity index (χ1) is 9.92. The normalized spacial score (nSPS) is 12.3. The minimum atomic E-state index is -1.56. The summed E-state index contributed by atoms with van der Waals surface area (Å²) in [6.45, 7) is 0. The highest BCUT2D eigenvalue weighted by Crippen LogP contribution is 2.26. The molecule has 0 radical (unpaired) electrons. The molecule has 112 valence electrons. The second-order valence-corrected chi connectivity index (χ2v) is 4.47. The van der Waals surface area contributed by atoms with Crippen molar-refractivity contribution in [3.8, 4) is 5.75 Å². The largest absolute Gasteiger partial charge is 0.494 e. The van der Waals surface area contributed by atoms with Gasteiger partial charge in [0.1, 0.15) is 17.5 Å². The number of methoxy groups -OCH3 is 1. The second-order valence-electron chi connectivity index (χ2n) is 4.47. The maximum absolute atomic E-state index is 13.5. The number of rotatable bonds is 4. The first-order valence-corrected chi connectivity index (χ1v) is 6.07. The molecule has 2 nitrogen and oxygen atoms in total. The molecule has 2 rings (SSSR count). The summed E-state index contributed by atoms with van der Waals surface area (Å²) in [5, 5.41) is 9.89. The van der Waals surface area contributed by atoms with Crippen molar-refractivity contribution >= 4 is 0 Å². The molecule has 2 aromatic rings. The molecule has 0 aliphatic carbocycles. The molecule has 1 unspecified atom stereocenters. The third-order valence-corrected chi connectivity index (χ3v) is 3.02. The lowest BCUT2D eigenvalue weighted by Crippen LogP contribution is -2.08. The molecule has 0 spiro atoms. The van der Waals surface area contributed by atoms with E-state index in [4.69, 9.17) is 4.74 Å². The average Bonchev–Trinajstić information content (AvgIpc) is 2.37. The van der Waals surface area contributed by atoms with Crippen LogP contribution in [0, 0.1) is 23.3 Å². The number of aliphatic hydroxyl groups is 1. The van der Waals surface area contributed by atoms with E-state index >= 15 is 0 Å². The quantitative estimate of drug-likeness (QED) is 0.875. The van der Waals surface area contributed by atoms with E-state index in [9.17, 15) is 22.7 Å². The van der Waals surface area contributed by atoms with Crippen LogP contribution in [0.1, 0.15) is 17.2 Å². The predicted octanol–water partition coefficient (Wildman–Crippen LogP) is 3.53. The van der Waals surface area contributed by atoms with Crippen molar-refractivity contribution in [1.82, 2.24) is 0 Å². The summed E-state index contributed by atoms with van der Waals surface area (Å²) < 4.78 is 58.1. The number of ether oxygens (including phenoxy) is 1. The molecule has 0 amide bonds. The van der Waals surface area contributed by atoms with Crippen molar-refractivity contribution in [2.45, 2.75) is 12.5 Å². The van der Waals surface area contributed by atoms with Gasteiger partial charge in [0, 0.05) is 18.6 Å². The van der Waals surface area contributed by atoms with E-state index in [1.54, 1.807) is 0 Å². The lowest BCUT2D eigenvalue weighted by molar-refractivity contribution is 0.168. The Labute approximate surface area is 118 Å². The number of hydrogen-bond donors (Lipinski definition) is 1. The molecule has 0 bridgehead atoms. The molecular weight excluding hydrogens is 288 g/mol. The number of benzene rings is 2. The Morgan fingerprint density at radius 3 is 2.14 bits per heavy atom. The van der Waals surface area contributed by atoms with E-state index in [-0.39, 0.29) is 12.2 Å². The monoisotopic (exact) mass is 300 g/mol. The van der Waals surface area contributed by atoms with Crippen molar-refractivity contribution in [1.29, 1.82) is 0 Å². The van der Waals surface area contributed by atoms with Gasteiger partial charge in [-0.15, -0.1) is 0 Å². The summed E-state index contributed by atoms with van der Waals surface area (Å²) >= 11 is 0. The highest BCUT2D eigenvalue weighted by molar-refractivity contribution is 5.31. The van der Waals surface area contributed by atoms with Gasteiger partial charge >= 0.3 is 0 Å². The van der Waals surface area contributed by atoms with Crippen LogP contribution in [0.15, 0.2) is 30.3 Å². The third-order valence-electron chi connectivity index (χ3n) is 3.02. The van der Waals surface area contributed by atoms with Gasteiger partial charge in [0.15, 0.2) is 11.6 Å². The van der Waals surface area contributed by atoms with Crippen LogP contribution in [0.3, 0.4) is 0 Å². The van der Waals surface area contributed by atoms with Crippen molar-refractivity contribution in [2.75, 3.05) is 7.11 Å². The Bertz CT molecular complexity index is 635. The highest BCUT2D eigenvalue weighted by atomic mass is 19.1. The fourth-order valence-corrected chi connectivity index (χ4v) is 2.03. The Hall–Kier alpha value is -2.08. The Morgan fingerprint density at radius 2 is 1.62 bits per heavy atom. The fraction of sp³-hybridized carbons (Fsp3) is 0.200. The van der Waals surface area contributed by atoms with Gasteiger partial charge in [0.25, 0.3) is 0 Å². The summed E-state index contributed by atoms with van der Waals surface area (Å²) in [7, 11) is 1.30. The van der Waals surface area contributed by atoms with Crippen LogP contribution in [-0.2, 0) is 6.42 Å². The van der Waals surface area contributed by atoms with Crippen molar-refractivity contribution < 1.29 is 27.4 Å². The summed E-state index contributed by atoms with van der Waals surface area (Å²) in [4.78, 5) is 0. The van der Waals surface area contributed by atoms with E-state index in [0.29, 0.717) is 17.7 Å². The maximum Gasteiger partial charge on any atom is 0.165 e. The zero-order valence-corrected chi connectivity index (χ0v) is 11.0. The first-order valence-electron chi connectivity index (χ1n) is 6.07. The van der Waals surface area contributed by atoms with Crippen LogP contribution < -0.4 is 4.74 Å². The molecular formula is C15H12F4O2.